The Bertz CT molecular complexity index is 1040. The molecule has 7 heteroatoms. The lowest BCUT2D eigenvalue weighted by Crippen LogP contribution is -2.25. The van der Waals surface area contributed by atoms with E-state index in [1.165, 1.54) is 29.0 Å². The molecule has 2 heterocycles. The average Bonchev–Trinajstić information content (AvgIpc) is 3.30. The Hall–Kier alpha value is -3.19. The van der Waals surface area contributed by atoms with E-state index >= 15 is 0 Å². The summed E-state index contributed by atoms with van der Waals surface area (Å²) in [5.74, 6) is -0.711. The number of amides is 1. The summed E-state index contributed by atoms with van der Waals surface area (Å²) in [6.07, 6.45) is 4.21. The van der Waals surface area contributed by atoms with E-state index in [1.54, 1.807) is 0 Å². The van der Waals surface area contributed by atoms with Crippen LogP contribution < -0.4 is 10.5 Å². The predicted molar refractivity (Wildman–Crippen MR) is 112 cm³/mol. The van der Waals surface area contributed by atoms with Crippen LogP contribution in [-0.4, -0.2) is 27.1 Å². The van der Waals surface area contributed by atoms with Crippen LogP contribution in [0.2, 0.25) is 0 Å². The van der Waals surface area contributed by atoms with Gasteiger partial charge < -0.3 is 10.5 Å². The van der Waals surface area contributed by atoms with Crippen molar-refractivity contribution in [3.63, 3.8) is 0 Å². The van der Waals surface area contributed by atoms with Gasteiger partial charge in [-0.25, -0.2) is 4.39 Å². The third-order valence-corrected chi connectivity index (χ3v) is 5.61. The van der Waals surface area contributed by atoms with Gasteiger partial charge in [-0.15, -0.1) is 0 Å². The first-order valence-electron chi connectivity index (χ1n) is 10.0. The molecule has 2 N–H and O–H groups in total. The molecule has 1 aliphatic rings. The fraction of sp³-hybridized carbons (Fsp3) is 0.304. The smallest absolute Gasteiger partial charge is 0.248 e. The van der Waals surface area contributed by atoms with Crippen molar-refractivity contribution in [1.29, 1.82) is 0 Å². The van der Waals surface area contributed by atoms with Gasteiger partial charge in [0.25, 0.3) is 0 Å². The van der Waals surface area contributed by atoms with Crippen molar-refractivity contribution in [2.24, 2.45) is 12.8 Å². The largest absolute Gasteiger partial charge is 0.454 e. The number of benzene rings is 2. The van der Waals surface area contributed by atoms with Crippen molar-refractivity contribution in [2.45, 2.75) is 32.4 Å². The van der Waals surface area contributed by atoms with Crippen LogP contribution >= 0.6 is 0 Å². The van der Waals surface area contributed by atoms with Gasteiger partial charge in [-0.3, -0.25) is 14.4 Å². The van der Waals surface area contributed by atoms with Crippen LogP contribution in [0.15, 0.2) is 48.7 Å². The van der Waals surface area contributed by atoms with Gasteiger partial charge in [-0.1, -0.05) is 12.1 Å². The molecule has 0 spiro atoms. The van der Waals surface area contributed by atoms with E-state index in [0.29, 0.717) is 11.8 Å². The topological polar surface area (TPSA) is 73.4 Å². The van der Waals surface area contributed by atoms with Gasteiger partial charge in [0.1, 0.15) is 5.75 Å². The molecule has 3 aromatic rings. The molecule has 1 aromatic heterocycles. The van der Waals surface area contributed by atoms with Crippen molar-refractivity contribution in [1.82, 2.24) is 14.7 Å². The highest BCUT2D eigenvalue weighted by Gasteiger charge is 2.29. The van der Waals surface area contributed by atoms with Crippen molar-refractivity contribution < 1.29 is 13.9 Å². The number of carbonyl (C=O) groups is 1. The Morgan fingerprint density at radius 3 is 2.67 bits per heavy atom. The van der Waals surface area contributed by atoms with Gasteiger partial charge in [0, 0.05) is 19.2 Å². The number of halogens is 1. The number of hydrogen-bond acceptors (Lipinski definition) is 4. The van der Waals surface area contributed by atoms with Gasteiger partial charge >= 0.3 is 0 Å². The third-order valence-electron chi connectivity index (χ3n) is 5.61. The number of ether oxygens (including phenoxy) is 1. The molecule has 1 amide bonds. The number of rotatable bonds is 6. The summed E-state index contributed by atoms with van der Waals surface area (Å²) in [5.41, 5.74) is 8.95. The van der Waals surface area contributed by atoms with Crippen molar-refractivity contribution in [3.8, 4) is 11.5 Å². The van der Waals surface area contributed by atoms with E-state index in [9.17, 15) is 9.18 Å². The molecule has 0 aliphatic carbocycles. The maximum atomic E-state index is 14.1. The van der Waals surface area contributed by atoms with Crippen LogP contribution in [0.3, 0.4) is 0 Å². The monoisotopic (exact) mass is 408 g/mol. The number of nitrogens with zero attached hydrogens (tertiary/aromatic N) is 3. The average molecular weight is 408 g/mol. The SMILES string of the molecule is Cc1cnn(C)c1C1CCCN1Cc1ccc(Oc2ccc(C(N)=O)cc2F)cc1. The molecule has 30 heavy (non-hydrogen) atoms. The highest BCUT2D eigenvalue weighted by Crippen LogP contribution is 2.34. The van der Waals surface area contributed by atoms with Crippen LogP contribution in [0, 0.1) is 12.7 Å². The molecule has 1 atom stereocenters. The molecule has 1 fully saturated rings. The third kappa shape index (κ3) is 4.07. The number of carbonyl (C=O) groups excluding carboxylic acids is 1. The Labute approximate surface area is 175 Å². The first-order valence-corrected chi connectivity index (χ1v) is 10.0. The number of likely N-dealkylation sites (tertiary alicyclic amines) is 1. The van der Waals surface area contributed by atoms with Gasteiger partial charge in [-0.2, -0.15) is 5.10 Å². The highest BCUT2D eigenvalue weighted by molar-refractivity contribution is 5.92. The Balaban J connectivity index is 1.44. The quantitative estimate of drug-likeness (QED) is 0.667. The molecule has 0 saturated carbocycles. The zero-order valence-corrected chi connectivity index (χ0v) is 17.1. The summed E-state index contributed by atoms with van der Waals surface area (Å²) in [7, 11) is 2.00. The molecule has 156 valence electrons. The Kier molecular flexibility index (Phi) is 5.55. The van der Waals surface area contributed by atoms with Gasteiger partial charge in [0.2, 0.25) is 5.91 Å². The molecular formula is C23H25FN4O2. The number of primary amides is 1. The number of hydrogen-bond donors (Lipinski definition) is 1. The lowest BCUT2D eigenvalue weighted by Gasteiger charge is -2.25. The minimum atomic E-state index is -0.675. The number of aryl methyl sites for hydroxylation is 2. The second-order valence-corrected chi connectivity index (χ2v) is 7.72. The summed E-state index contributed by atoms with van der Waals surface area (Å²) in [5, 5.41) is 4.39. The van der Waals surface area contributed by atoms with Crippen LogP contribution in [0.25, 0.3) is 0 Å². The first-order chi connectivity index (χ1) is 14.4. The molecule has 1 saturated heterocycles. The molecule has 0 bridgehead atoms. The zero-order valence-electron chi connectivity index (χ0n) is 17.1. The van der Waals surface area contributed by atoms with E-state index in [4.69, 9.17) is 10.5 Å². The first kappa shape index (κ1) is 20.1. The summed E-state index contributed by atoms with van der Waals surface area (Å²) >= 11 is 0. The maximum Gasteiger partial charge on any atom is 0.248 e. The lowest BCUT2D eigenvalue weighted by atomic mass is 10.1. The molecule has 2 aromatic carbocycles. The van der Waals surface area contributed by atoms with Gasteiger partial charge in [-0.05, 0) is 67.8 Å². The minimum absolute atomic E-state index is 0.0547. The molecule has 1 unspecified atom stereocenters. The van der Waals surface area contributed by atoms with Crippen LogP contribution in [0.1, 0.15) is 46.1 Å². The summed E-state index contributed by atoms with van der Waals surface area (Å²) < 4.78 is 21.7. The highest BCUT2D eigenvalue weighted by atomic mass is 19.1. The minimum Gasteiger partial charge on any atom is -0.454 e. The Morgan fingerprint density at radius 1 is 1.27 bits per heavy atom. The standard InChI is InChI=1S/C23H25FN4O2/c1-15-13-26-27(2)22(15)20-4-3-11-28(20)14-16-5-8-18(9-6-16)30-21-10-7-17(23(25)29)12-19(21)24/h5-10,12-13,20H,3-4,11,14H2,1-2H3,(H2,25,29). The lowest BCUT2D eigenvalue weighted by molar-refractivity contribution is 0.1000. The van der Waals surface area contributed by atoms with Crippen molar-refractivity contribution >= 4 is 5.91 Å². The van der Waals surface area contributed by atoms with Crippen molar-refractivity contribution in [2.75, 3.05) is 6.54 Å². The van der Waals surface area contributed by atoms with Crippen molar-refractivity contribution in [3.05, 3.63) is 76.9 Å². The summed E-state index contributed by atoms with van der Waals surface area (Å²) in [6, 6.07) is 12.0. The summed E-state index contributed by atoms with van der Waals surface area (Å²) in [4.78, 5) is 13.6. The van der Waals surface area contributed by atoms with Crippen LogP contribution in [0.4, 0.5) is 4.39 Å². The van der Waals surface area contributed by atoms with E-state index in [-0.39, 0.29) is 11.3 Å². The van der Waals surface area contributed by atoms with E-state index in [1.807, 2.05) is 42.2 Å². The number of aromatic nitrogens is 2. The predicted octanol–water partition coefficient (Wildman–Crippen LogP) is 4.10. The summed E-state index contributed by atoms with van der Waals surface area (Å²) in [6.45, 7) is 3.99. The fourth-order valence-electron chi connectivity index (χ4n) is 4.12. The zero-order chi connectivity index (χ0) is 21.3. The van der Waals surface area contributed by atoms with Crippen LogP contribution in [0.5, 0.6) is 11.5 Å². The van der Waals surface area contributed by atoms with E-state index in [0.717, 1.165) is 32.0 Å². The van der Waals surface area contributed by atoms with Gasteiger partial charge in [0.05, 0.1) is 17.9 Å². The molecular weight excluding hydrogens is 383 g/mol. The second kappa shape index (κ2) is 8.28. The second-order valence-electron chi connectivity index (χ2n) is 7.72. The van der Waals surface area contributed by atoms with E-state index in [2.05, 4.69) is 16.9 Å². The number of nitrogens with two attached hydrogens (primary N) is 1. The molecule has 4 rings (SSSR count). The van der Waals surface area contributed by atoms with Crippen LogP contribution in [-0.2, 0) is 13.6 Å². The fourth-order valence-corrected chi connectivity index (χ4v) is 4.12. The van der Waals surface area contributed by atoms with Gasteiger partial charge in [0.15, 0.2) is 11.6 Å². The molecule has 6 nitrogen and oxygen atoms in total. The molecule has 1 aliphatic heterocycles. The Morgan fingerprint density at radius 2 is 2.03 bits per heavy atom. The normalized spacial score (nSPS) is 16.7. The molecule has 0 radical (unpaired) electrons. The maximum absolute atomic E-state index is 14.1. The van der Waals surface area contributed by atoms with E-state index < -0.39 is 11.7 Å².